The van der Waals surface area contributed by atoms with Crippen LogP contribution in [0.5, 0.6) is 11.5 Å². The van der Waals surface area contributed by atoms with Crippen LogP contribution in [0.15, 0.2) is 66.7 Å². The highest BCUT2D eigenvalue weighted by atomic mass is 16.5. The Bertz CT molecular complexity index is 1410. The monoisotopic (exact) mass is 604 g/mol. The predicted octanol–water partition coefficient (Wildman–Crippen LogP) is 3.95. The second-order valence-corrected chi connectivity index (χ2v) is 10.6. The Morgan fingerprint density at radius 1 is 0.818 bits per heavy atom. The maximum atomic E-state index is 13.6. The summed E-state index contributed by atoms with van der Waals surface area (Å²) in [7, 11) is 3.20. The minimum Gasteiger partial charge on any atom is -0.497 e. The number of nitrogens with one attached hydrogen (secondary N) is 1. The third-order valence-corrected chi connectivity index (χ3v) is 7.12. The molecule has 10 heteroatoms. The molecule has 0 saturated heterocycles. The van der Waals surface area contributed by atoms with Crippen molar-refractivity contribution >= 4 is 17.8 Å². The van der Waals surface area contributed by atoms with Crippen LogP contribution in [0.3, 0.4) is 0 Å². The van der Waals surface area contributed by atoms with E-state index in [9.17, 15) is 14.4 Å². The first kappa shape index (κ1) is 34.1. The van der Waals surface area contributed by atoms with Gasteiger partial charge in [-0.2, -0.15) is 0 Å². The zero-order valence-electron chi connectivity index (χ0n) is 26.0. The standard InChI is InChI=1S/C34H44N4O6/c1-5-13-38(14-6-2)33(40)26-18-25(32(36)39)19-27(20-26)34(41)44-31(22-37-21-24-10-8-12-29(16-24)43-4)30(35)17-23-9-7-11-28(15-23)42-3/h7-12,15-16,18-20,30-31,37H,5-6,13-14,17,21-22,35H2,1-4H3,(H2,36,39)/t30-,31+/m0/s1. The van der Waals surface area contributed by atoms with Crippen molar-refractivity contribution in [2.75, 3.05) is 33.9 Å². The lowest BCUT2D eigenvalue weighted by Gasteiger charge is -2.25. The lowest BCUT2D eigenvalue weighted by molar-refractivity contribution is 0.0238. The molecular formula is C34H44N4O6. The Balaban J connectivity index is 1.87. The lowest BCUT2D eigenvalue weighted by Crippen LogP contribution is -2.46. The van der Waals surface area contributed by atoms with E-state index in [4.69, 9.17) is 25.7 Å². The van der Waals surface area contributed by atoms with Gasteiger partial charge in [0.2, 0.25) is 5.91 Å². The van der Waals surface area contributed by atoms with E-state index in [-0.39, 0.29) is 29.1 Å². The smallest absolute Gasteiger partial charge is 0.338 e. The molecule has 0 aliphatic heterocycles. The van der Waals surface area contributed by atoms with Gasteiger partial charge < -0.3 is 35.9 Å². The van der Waals surface area contributed by atoms with E-state index in [1.54, 1.807) is 19.1 Å². The molecule has 0 aromatic heterocycles. The van der Waals surface area contributed by atoms with Crippen LogP contribution in [0.1, 0.15) is 68.9 Å². The minimum atomic E-state index is -0.757. The summed E-state index contributed by atoms with van der Waals surface area (Å²) in [5.41, 5.74) is 14.4. The molecule has 0 heterocycles. The highest BCUT2D eigenvalue weighted by Gasteiger charge is 2.26. The Labute approximate surface area is 259 Å². The van der Waals surface area contributed by atoms with E-state index in [2.05, 4.69) is 5.32 Å². The average Bonchev–Trinajstić information content (AvgIpc) is 3.03. The number of amides is 2. The summed E-state index contributed by atoms with van der Waals surface area (Å²) in [5.74, 6) is -0.318. The Hall–Kier alpha value is -4.41. The summed E-state index contributed by atoms with van der Waals surface area (Å²) < 4.78 is 16.6. The molecule has 3 aromatic carbocycles. The number of benzene rings is 3. The first-order chi connectivity index (χ1) is 21.2. The zero-order valence-corrected chi connectivity index (χ0v) is 26.0. The molecule has 0 spiro atoms. The average molecular weight is 605 g/mol. The molecule has 2 amide bonds. The molecular weight excluding hydrogens is 560 g/mol. The number of nitrogens with zero attached hydrogens (tertiary/aromatic N) is 1. The number of ether oxygens (including phenoxy) is 3. The van der Waals surface area contributed by atoms with E-state index in [0.29, 0.717) is 31.8 Å². The molecule has 44 heavy (non-hydrogen) atoms. The van der Waals surface area contributed by atoms with Crippen LogP contribution >= 0.6 is 0 Å². The number of hydrogen-bond donors (Lipinski definition) is 3. The fourth-order valence-corrected chi connectivity index (χ4v) is 4.88. The highest BCUT2D eigenvalue weighted by molar-refractivity contribution is 6.03. The second kappa shape index (κ2) is 17.0. The summed E-state index contributed by atoms with van der Waals surface area (Å²) >= 11 is 0. The maximum Gasteiger partial charge on any atom is 0.338 e. The lowest BCUT2D eigenvalue weighted by atomic mass is 10.0. The second-order valence-electron chi connectivity index (χ2n) is 10.6. The molecule has 0 fully saturated rings. The van der Waals surface area contributed by atoms with E-state index in [1.165, 1.54) is 18.2 Å². The van der Waals surface area contributed by atoms with E-state index in [0.717, 1.165) is 29.7 Å². The van der Waals surface area contributed by atoms with Gasteiger partial charge in [0.05, 0.1) is 19.8 Å². The molecule has 0 unspecified atom stereocenters. The van der Waals surface area contributed by atoms with Gasteiger partial charge in [-0.25, -0.2) is 4.79 Å². The fourth-order valence-electron chi connectivity index (χ4n) is 4.88. The van der Waals surface area contributed by atoms with Gasteiger partial charge in [-0.1, -0.05) is 38.1 Å². The van der Waals surface area contributed by atoms with Crippen molar-refractivity contribution in [3.63, 3.8) is 0 Å². The number of carbonyl (C=O) groups is 3. The highest BCUT2D eigenvalue weighted by Crippen LogP contribution is 2.19. The van der Waals surface area contributed by atoms with Crippen LogP contribution in [0.25, 0.3) is 0 Å². The van der Waals surface area contributed by atoms with Crippen LogP contribution in [0.2, 0.25) is 0 Å². The summed E-state index contributed by atoms with van der Waals surface area (Å²) in [5, 5.41) is 3.33. The molecule has 2 atom stereocenters. The SMILES string of the molecule is CCCN(CCC)C(=O)c1cc(C(N)=O)cc(C(=O)O[C@H](CNCc2cccc(OC)c2)[C@@H](N)Cc2cccc(OC)c2)c1. The van der Waals surface area contributed by atoms with Gasteiger partial charge in [0, 0.05) is 43.3 Å². The van der Waals surface area contributed by atoms with Crippen molar-refractivity contribution in [1.82, 2.24) is 10.2 Å². The molecule has 0 saturated carbocycles. The number of methoxy groups -OCH3 is 2. The van der Waals surface area contributed by atoms with E-state index >= 15 is 0 Å². The first-order valence-electron chi connectivity index (χ1n) is 14.9. The van der Waals surface area contributed by atoms with Gasteiger partial charge in [-0.3, -0.25) is 9.59 Å². The minimum absolute atomic E-state index is 0.0453. The summed E-state index contributed by atoms with van der Waals surface area (Å²) in [6.07, 6.45) is 1.19. The van der Waals surface area contributed by atoms with Gasteiger partial charge in [-0.05, 0) is 72.9 Å². The molecule has 0 bridgehead atoms. The Morgan fingerprint density at radius 3 is 1.98 bits per heavy atom. The third kappa shape index (κ3) is 9.82. The predicted molar refractivity (Wildman–Crippen MR) is 170 cm³/mol. The van der Waals surface area contributed by atoms with Crippen LogP contribution < -0.4 is 26.3 Å². The number of rotatable bonds is 17. The van der Waals surface area contributed by atoms with Crippen molar-refractivity contribution < 1.29 is 28.6 Å². The maximum absolute atomic E-state index is 13.6. The molecule has 236 valence electrons. The Morgan fingerprint density at radius 2 is 1.39 bits per heavy atom. The van der Waals surface area contributed by atoms with E-state index < -0.39 is 24.0 Å². The van der Waals surface area contributed by atoms with Gasteiger partial charge in [-0.15, -0.1) is 0 Å². The summed E-state index contributed by atoms with van der Waals surface area (Å²) in [6, 6.07) is 18.8. The summed E-state index contributed by atoms with van der Waals surface area (Å²) in [6.45, 7) is 5.79. The molecule has 5 N–H and O–H groups in total. The number of hydrogen-bond acceptors (Lipinski definition) is 8. The number of carbonyl (C=O) groups excluding carboxylic acids is 3. The van der Waals surface area contributed by atoms with Crippen molar-refractivity contribution in [1.29, 1.82) is 0 Å². The largest absolute Gasteiger partial charge is 0.497 e. The normalized spacial score (nSPS) is 12.2. The molecule has 0 radical (unpaired) electrons. The van der Waals surface area contributed by atoms with Crippen LogP contribution in [-0.4, -0.2) is 68.7 Å². The molecule has 10 nitrogen and oxygen atoms in total. The van der Waals surface area contributed by atoms with Crippen LogP contribution in [-0.2, 0) is 17.7 Å². The zero-order chi connectivity index (χ0) is 32.1. The number of nitrogens with two attached hydrogens (primary N) is 2. The number of primary amides is 1. The third-order valence-electron chi connectivity index (χ3n) is 7.12. The quantitative estimate of drug-likeness (QED) is 0.196. The van der Waals surface area contributed by atoms with Gasteiger partial charge >= 0.3 is 5.97 Å². The van der Waals surface area contributed by atoms with Crippen molar-refractivity contribution in [3.8, 4) is 11.5 Å². The summed E-state index contributed by atoms with van der Waals surface area (Å²) in [4.78, 5) is 40.8. The Kier molecular flexibility index (Phi) is 13.2. The van der Waals surface area contributed by atoms with E-state index in [1.807, 2.05) is 62.4 Å². The first-order valence-corrected chi connectivity index (χ1v) is 14.9. The topological polar surface area (TPSA) is 146 Å². The van der Waals surface area contributed by atoms with Gasteiger partial charge in [0.25, 0.3) is 5.91 Å². The molecule has 0 aliphatic carbocycles. The van der Waals surface area contributed by atoms with Gasteiger partial charge in [0.1, 0.15) is 17.6 Å². The van der Waals surface area contributed by atoms with Crippen molar-refractivity contribution in [2.45, 2.75) is 51.8 Å². The molecule has 3 aromatic rings. The van der Waals surface area contributed by atoms with Crippen LogP contribution in [0.4, 0.5) is 0 Å². The fraction of sp³-hybridized carbons (Fsp3) is 0.382. The van der Waals surface area contributed by atoms with Crippen molar-refractivity contribution in [3.05, 3.63) is 94.5 Å². The molecule has 0 aliphatic rings. The van der Waals surface area contributed by atoms with Crippen LogP contribution in [0, 0.1) is 0 Å². The molecule has 3 rings (SSSR count). The van der Waals surface area contributed by atoms with Crippen molar-refractivity contribution in [2.24, 2.45) is 11.5 Å². The van der Waals surface area contributed by atoms with Gasteiger partial charge in [0.15, 0.2) is 0 Å². The number of esters is 1.